The fourth-order valence-electron chi connectivity index (χ4n) is 1.64. The highest BCUT2D eigenvalue weighted by molar-refractivity contribution is 7.14. The molecule has 1 rings (SSSR count). The Kier molecular flexibility index (Phi) is 5.15. The number of carboxylic acid groups (broad SMARTS) is 1. The minimum Gasteiger partial charge on any atom is -0.480 e. The molecule has 112 valence electrons. The van der Waals surface area contributed by atoms with Crippen LogP contribution in [0.2, 0.25) is 0 Å². The van der Waals surface area contributed by atoms with E-state index < -0.39 is 30.5 Å². The second-order valence-electron chi connectivity index (χ2n) is 4.25. The van der Waals surface area contributed by atoms with E-state index in [0.717, 1.165) is 21.8 Å². The summed E-state index contributed by atoms with van der Waals surface area (Å²) >= 11 is 1.15. The number of thiophene rings is 1. The first-order valence-corrected chi connectivity index (χ1v) is 6.65. The average Bonchev–Trinajstić information content (AvgIpc) is 2.67. The smallest absolute Gasteiger partial charge is 0.391 e. The Morgan fingerprint density at radius 2 is 2.05 bits per heavy atom. The Morgan fingerprint density at radius 1 is 1.45 bits per heavy atom. The van der Waals surface area contributed by atoms with Crippen molar-refractivity contribution in [3.8, 4) is 0 Å². The van der Waals surface area contributed by atoms with E-state index in [4.69, 9.17) is 5.11 Å². The van der Waals surface area contributed by atoms with Gasteiger partial charge in [0.15, 0.2) is 0 Å². The zero-order chi connectivity index (χ0) is 15.5. The largest absolute Gasteiger partial charge is 0.480 e. The Morgan fingerprint density at radius 3 is 2.45 bits per heavy atom. The van der Waals surface area contributed by atoms with Crippen LogP contribution in [0.3, 0.4) is 0 Å². The molecule has 1 amide bonds. The van der Waals surface area contributed by atoms with Crippen LogP contribution in [0.25, 0.3) is 0 Å². The van der Waals surface area contributed by atoms with Gasteiger partial charge >= 0.3 is 12.1 Å². The number of carboxylic acids is 1. The predicted molar refractivity (Wildman–Crippen MR) is 68.0 cm³/mol. The van der Waals surface area contributed by atoms with Gasteiger partial charge in [-0.1, -0.05) is 6.92 Å². The van der Waals surface area contributed by atoms with Crippen molar-refractivity contribution in [3.63, 3.8) is 0 Å². The Bertz CT molecular complexity index is 511. The molecule has 1 aromatic heterocycles. The fraction of sp³-hybridized carbons (Fsp3) is 0.500. The van der Waals surface area contributed by atoms with Gasteiger partial charge in [-0.05, 0) is 25.0 Å². The minimum atomic E-state index is -4.66. The molecular formula is C12H14F3NO3S. The van der Waals surface area contributed by atoms with Crippen molar-refractivity contribution in [3.05, 3.63) is 21.4 Å². The predicted octanol–water partition coefficient (Wildman–Crippen LogP) is 2.75. The van der Waals surface area contributed by atoms with E-state index in [1.54, 1.807) is 13.0 Å². The van der Waals surface area contributed by atoms with Crippen LogP contribution in [-0.2, 0) is 11.2 Å². The van der Waals surface area contributed by atoms with Crippen LogP contribution in [0.5, 0.6) is 0 Å². The fourth-order valence-corrected chi connectivity index (χ4v) is 2.66. The maximum absolute atomic E-state index is 12.2. The summed E-state index contributed by atoms with van der Waals surface area (Å²) < 4.78 is 36.7. The minimum absolute atomic E-state index is 0.216. The number of aryl methyl sites for hydroxylation is 2. The topological polar surface area (TPSA) is 66.4 Å². The highest BCUT2D eigenvalue weighted by Gasteiger charge is 2.36. The Balaban J connectivity index is 2.82. The van der Waals surface area contributed by atoms with E-state index in [1.165, 1.54) is 0 Å². The van der Waals surface area contributed by atoms with Crippen molar-refractivity contribution >= 4 is 23.2 Å². The number of hydrogen-bond donors (Lipinski definition) is 2. The zero-order valence-corrected chi connectivity index (χ0v) is 11.7. The number of carbonyl (C=O) groups is 2. The number of halogens is 3. The molecule has 1 atom stereocenters. The zero-order valence-electron chi connectivity index (χ0n) is 10.9. The van der Waals surface area contributed by atoms with E-state index in [2.05, 4.69) is 0 Å². The number of amides is 1. The second-order valence-corrected chi connectivity index (χ2v) is 5.39. The molecule has 8 heteroatoms. The van der Waals surface area contributed by atoms with Gasteiger partial charge in [-0.25, -0.2) is 4.79 Å². The molecule has 0 bridgehead atoms. The Hall–Kier alpha value is -1.57. The van der Waals surface area contributed by atoms with Crippen molar-refractivity contribution in [2.24, 2.45) is 0 Å². The summed E-state index contributed by atoms with van der Waals surface area (Å²) in [5.74, 6) is -2.51. The van der Waals surface area contributed by atoms with Gasteiger partial charge in [-0.15, -0.1) is 11.3 Å². The van der Waals surface area contributed by atoms with Gasteiger partial charge in [0.25, 0.3) is 5.91 Å². The molecule has 1 heterocycles. The number of carbonyl (C=O) groups excluding carboxylic acids is 1. The first kappa shape index (κ1) is 16.5. The first-order chi connectivity index (χ1) is 9.14. The van der Waals surface area contributed by atoms with Crippen molar-refractivity contribution in [1.29, 1.82) is 0 Å². The van der Waals surface area contributed by atoms with Gasteiger partial charge in [0.1, 0.15) is 6.04 Å². The average molecular weight is 309 g/mol. The van der Waals surface area contributed by atoms with Crippen molar-refractivity contribution in [2.45, 2.75) is 38.9 Å². The molecule has 4 nitrogen and oxygen atoms in total. The third-order valence-electron chi connectivity index (χ3n) is 2.60. The normalized spacial score (nSPS) is 13.1. The molecule has 1 aromatic rings. The number of alkyl halides is 3. The van der Waals surface area contributed by atoms with Gasteiger partial charge < -0.3 is 10.4 Å². The van der Waals surface area contributed by atoms with E-state index in [1.807, 2.05) is 12.2 Å². The molecule has 0 saturated carbocycles. The molecule has 0 saturated heterocycles. The van der Waals surface area contributed by atoms with Crippen molar-refractivity contribution in [2.75, 3.05) is 0 Å². The van der Waals surface area contributed by atoms with Gasteiger partial charge in [-0.3, -0.25) is 4.79 Å². The summed E-state index contributed by atoms with van der Waals surface area (Å²) in [6.07, 6.45) is -5.55. The van der Waals surface area contributed by atoms with Crippen LogP contribution in [0.1, 0.15) is 33.5 Å². The molecule has 2 N–H and O–H groups in total. The van der Waals surface area contributed by atoms with Crippen LogP contribution in [0.15, 0.2) is 6.07 Å². The summed E-state index contributed by atoms with van der Waals surface area (Å²) in [5.41, 5.74) is 0.866. The van der Waals surface area contributed by atoms with Crippen LogP contribution >= 0.6 is 11.3 Å². The lowest BCUT2D eigenvalue weighted by Crippen LogP contribution is -2.43. The number of hydrogen-bond acceptors (Lipinski definition) is 3. The van der Waals surface area contributed by atoms with Crippen LogP contribution in [0.4, 0.5) is 13.2 Å². The lowest BCUT2D eigenvalue weighted by Gasteiger charge is -2.15. The molecule has 1 unspecified atom stereocenters. The summed E-state index contributed by atoms with van der Waals surface area (Å²) in [7, 11) is 0. The third kappa shape index (κ3) is 4.52. The number of aliphatic carboxylic acids is 1. The second kappa shape index (κ2) is 6.25. The number of rotatable bonds is 5. The van der Waals surface area contributed by atoms with Crippen LogP contribution in [0, 0.1) is 6.92 Å². The summed E-state index contributed by atoms with van der Waals surface area (Å²) in [4.78, 5) is 23.7. The Labute approximate surface area is 117 Å². The molecule has 0 fully saturated rings. The first-order valence-electron chi connectivity index (χ1n) is 5.83. The van der Waals surface area contributed by atoms with E-state index in [-0.39, 0.29) is 4.88 Å². The summed E-state index contributed by atoms with van der Waals surface area (Å²) in [5, 5.41) is 10.6. The highest BCUT2D eigenvalue weighted by atomic mass is 32.1. The van der Waals surface area contributed by atoms with Gasteiger partial charge in [0, 0.05) is 4.88 Å². The monoisotopic (exact) mass is 309 g/mol. The van der Waals surface area contributed by atoms with Gasteiger partial charge in [0.2, 0.25) is 0 Å². The van der Waals surface area contributed by atoms with E-state index in [0.29, 0.717) is 6.42 Å². The van der Waals surface area contributed by atoms with Crippen LogP contribution < -0.4 is 5.32 Å². The molecule has 0 aromatic carbocycles. The maximum Gasteiger partial charge on any atom is 0.391 e. The molecule has 0 radical (unpaired) electrons. The summed E-state index contributed by atoms with van der Waals surface area (Å²) in [6, 6.07) is -0.430. The third-order valence-corrected chi connectivity index (χ3v) is 3.98. The summed E-state index contributed by atoms with van der Waals surface area (Å²) in [6.45, 7) is 3.68. The van der Waals surface area contributed by atoms with Gasteiger partial charge in [-0.2, -0.15) is 13.2 Å². The molecular weight excluding hydrogens is 295 g/mol. The van der Waals surface area contributed by atoms with Crippen molar-refractivity contribution in [1.82, 2.24) is 5.32 Å². The highest BCUT2D eigenvalue weighted by Crippen LogP contribution is 2.24. The maximum atomic E-state index is 12.2. The standard InChI is InChI=1S/C12H14F3NO3S/c1-3-8-6(2)4-9(20-8)10(17)16-7(11(18)19)5-12(13,14)15/h4,7H,3,5H2,1-2H3,(H,16,17)(H,18,19). The van der Waals surface area contributed by atoms with E-state index in [9.17, 15) is 22.8 Å². The lowest BCUT2D eigenvalue weighted by atomic mass is 10.2. The number of nitrogens with one attached hydrogen (secondary N) is 1. The lowest BCUT2D eigenvalue weighted by molar-refractivity contribution is -0.157. The molecule has 0 spiro atoms. The quantitative estimate of drug-likeness (QED) is 0.879. The van der Waals surface area contributed by atoms with Crippen LogP contribution in [-0.4, -0.2) is 29.2 Å². The van der Waals surface area contributed by atoms with Crippen molar-refractivity contribution < 1.29 is 27.9 Å². The molecule has 0 aliphatic carbocycles. The van der Waals surface area contributed by atoms with Gasteiger partial charge in [0.05, 0.1) is 11.3 Å². The molecule has 0 aliphatic heterocycles. The molecule has 0 aliphatic rings. The van der Waals surface area contributed by atoms with E-state index >= 15 is 0 Å². The SMILES string of the molecule is CCc1sc(C(=O)NC(CC(F)(F)F)C(=O)O)cc1C. The molecule has 20 heavy (non-hydrogen) atoms.